The molecule has 186 valence electrons. The smallest absolute Gasteiger partial charge is 0.266 e. The van der Waals surface area contributed by atoms with Crippen molar-refractivity contribution in [2.24, 2.45) is 4.99 Å². The first-order valence-corrected chi connectivity index (χ1v) is 13.1. The van der Waals surface area contributed by atoms with Crippen LogP contribution in [0.15, 0.2) is 64.5 Å². The second-order valence-electron chi connectivity index (χ2n) is 7.60. The Labute approximate surface area is 233 Å². The van der Waals surface area contributed by atoms with E-state index in [-0.39, 0.29) is 12.5 Å². The number of rotatable bonds is 7. The van der Waals surface area contributed by atoms with E-state index >= 15 is 0 Å². The van der Waals surface area contributed by atoms with Gasteiger partial charge in [0.15, 0.2) is 10.9 Å². The first-order valence-electron chi connectivity index (χ1n) is 10.8. The summed E-state index contributed by atoms with van der Waals surface area (Å²) in [5.41, 5.74) is 2.21. The summed E-state index contributed by atoms with van der Waals surface area (Å²) >= 11 is 26.3. The molecule has 0 N–H and O–H groups in total. The summed E-state index contributed by atoms with van der Waals surface area (Å²) in [4.78, 5) is 19.8. The van der Waals surface area contributed by atoms with Crippen molar-refractivity contribution in [2.75, 3.05) is 13.7 Å². The van der Waals surface area contributed by atoms with Gasteiger partial charge in [-0.25, -0.2) is 4.99 Å². The van der Waals surface area contributed by atoms with Gasteiger partial charge in [0.25, 0.3) is 5.91 Å². The molecule has 1 heterocycles. The van der Waals surface area contributed by atoms with Gasteiger partial charge in [0, 0.05) is 6.54 Å². The van der Waals surface area contributed by atoms with Crippen LogP contribution in [0.1, 0.15) is 18.1 Å². The molecule has 0 saturated carbocycles. The number of methoxy groups -OCH3 is 1. The van der Waals surface area contributed by atoms with Crippen LogP contribution in [0.3, 0.4) is 0 Å². The minimum absolute atomic E-state index is 0.137. The Kier molecular flexibility index (Phi) is 8.75. The van der Waals surface area contributed by atoms with Gasteiger partial charge in [0.2, 0.25) is 0 Å². The summed E-state index contributed by atoms with van der Waals surface area (Å²) < 4.78 is 11.0. The van der Waals surface area contributed by atoms with Gasteiger partial charge in [-0.1, -0.05) is 52.5 Å². The predicted molar refractivity (Wildman–Crippen MR) is 150 cm³/mol. The molecule has 0 radical (unpaired) electrons. The lowest BCUT2D eigenvalue weighted by molar-refractivity contribution is -0.122. The number of nitrogens with zero attached hydrogens (tertiary/aromatic N) is 2. The lowest BCUT2D eigenvalue weighted by atomic mass is 10.2. The molecule has 0 aromatic heterocycles. The number of thioether (sulfide) groups is 1. The molecule has 5 nitrogen and oxygen atoms in total. The second kappa shape index (κ2) is 11.8. The van der Waals surface area contributed by atoms with Gasteiger partial charge in [0.1, 0.15) is 12.4 Å². The number of amides is 1. The van der Waals surface area contributed by atoms with Crippen molar-refractivity contribution in [1.29, 1.82) is 0 Å². The van der Waals surface area contributed by atoms with E-state index in [4.69, 9.17) is 55.9 Å². The number of aliphatic imine (C=N–C) groups is 1. The number of hydrogen-bond acceptors (Lipinski definition) is 5. The van der Waals surface area contributed by atoms with Gasteiger partial charge in [-0.05, 0) is 84.4 Å². The first-order chi connectivity index (χ1) is 17.3. The van der Waals surface area contributed by atoms with Crippen LogP contribution in [0.5, 0.6) is 11.5 Å². The molecular weight excluding hydrogens is 562 g/mol. The summed E-state index contributed by atoms with van der Waals surface area (Å²) in [6.07, 6.45) is 1.74. The molecule has 1 aliphatic heterocycles. The lowest BCUT2D eigenvalue weighted by Gasteiger charge is -2.12. The minimum Gasteiger partial charge on any atom is -0.497 e. The van der Waals surface area contributed by atoms with Gasteiger partial charge < -0.3 is 9.47 Å². The number of likely N-dealkylation sites (N-methyl/N-ethyl adjacent to an activating group) is 1. The van der Waals surface area contributed by atoms with Crippen LogP contribution < -0.4 is 9.47 Å². The number of carbonyl (C=O) groups excluding carboxylic acids is 1. The monoisotopic (exact) mass is 580 g/mol. The molecule has 1 amide bonds. The van der Waals surface area contributed by atoms with Gasteiger partial charge in [0.05, 0.1) is 37.8 Å². The molecule has 3 aromatic rings. The maximum absolute atomic E-state index is 13.0. The van der Waals surface area contributed by atoms with Crippen LogP contribution in [0.2, 0.25) is 20.1 Å². The van der Waals surface area contributed by atoms with Crippen LogP contribution in [-0.4, -0.2) is 29.6 Å². The minimum atomic E-state index is -0.137. The molecule has 10 heteroatoms. The molecule has 4 rings (SSSR count). The van der Waals surface area contributed by atoms with E-state index in [1.165, 1.54) is 11.8 Å². The third kappa shape index (κ3) is 6.13. The quantitative estimate of drug-likeness (QED) is 0.262. The van der Waals surface area contributed by atoms with Crippen molar-refractivity contribution < 1.29 is 14.3 Å². The Morgan fingerprint density at radius 3 is 2.25 bits per heavy atom. The Bertz CT molecular complexity index is 1340. The highest BCUT2D eigenvalue weighted by Crippen LogP contribution is 2.38. The van der Waals surface area contributed by atoms with Gasteiger partial charge in [-0.3, -0.25) is 9.69 Å². The number of carbonyl (C=O) groups is 1. The summed E-state index contributed by atoms with van der Waals surface area (Å²) in [6, 6.07) is 15.9. The van der Waals surface area contributed by atoms with Crippen LogP contribution in [-0.2, 0) is 11.4 Å². The summed E-state index contributed by atoms with van der Waals surface area (Å²) in [5.74, 6) is 0.941. The van der Waals surface area contributed by atoms with E-state index in [1.807, 2.05) is 37.3 Å². The fourth-order valence-corrected chi connectivity index (χ4v) is 5.37. The van der Waals surface area contributed by atoms with E-state index in [0.29, 0.717) is 48.0 Å². The first kappa shape index (κ1) is 26.7. The van der Waals surface area contributed by atoms with Crippen molar-refractivity contribution in [3.63, 3.8) is 0 Å². The molecule has 1 fully saturated rings. The molecule has 0 aliphatic carbocycles. The zero-order valence-electron chi connectivity index (χ0n) is 19.2. The maximum Gasteiger partial charge on any atom is 0.266 e. The lowest BCUT2D eigenvalue weighted by Crippen LogP contribution is -2.28. The zero-order valence-corrected chi connectivity index (χ0v) is 23.1. The SMILES string of the molecule is CCN1C(=O)/C(=C\c2cc(Cl)c(OCc3ccc(Cl)c(Cl)c3)c(Cl)c2)SC1=Nc1ccc(OC)cc1. The third-order valence-electron chi connectivity index (χ3n) is 5.19. The summed E-state index contributed by atoms with van der Waals surface area (Å²) in [6.45, 7) is 2.60. The summed E-state index contributed by atoms with van der Waals surface area (Å²) in [5, 5.41) is 2.14. The topological polar surface area (TPSA) is 51.1 Å². The van der Waals surface area contributed by atoms with Crippen LogP contribution >= 0.6 is 58.2 Å². The molecule has 1 saturated heterocycles. The Morgan fingerprint density at radius 1 is 0.944 bits per heavy atom. The highest BCUT2D eigenvalue weighted by molar-refractivity contribution is 8.18. The molecule has 0 atom stereocenters. The zero-order chi connectivity index (χ0) is 25.8. The van der Waals surface area contributed by atoms with Crippen molar-refractivity contribution in [3.8, 4) is 11.5 Å². The summed E-state index contributed by atoms with van der Waals surface area (Å²) in [7, 11) is 1.61. The van der Waals surface area contributed by atoms with Gasteiger partial charge in [-0.15, -0.1) is 0 Å². The van der Waals surface area contributed by atoms with E-state index in [1.54, 1.807) is 42.4 Å². The Morgan fingerprint density at radius 2 is 1.64 bits per heavy atom. The van der Waals surface area contributed by atoms with Gasteiger partial charge >= 0.3 is 0 Å². The average molecular weight is 582 g/mol. The molecule has 0 unspecified atom stereocenters. The average Bonchev–Trinajstić information content (AvgIpc) is 3.14. The number of amidine groups is 1. The standard InChI is InChI=1S/C26H20Cl4N2O3S/c1-3-32-25(33)23(36-26(32)31-17-5-7-18(34-2)8-6-17)13-16-11-21(29)24(22(30)12-16)35-14-15-4-9-19(27)20(28)10-15/h4-13H,3,14H2,1-2H3/b23-13+,31-26?. The highest BCUT2D eigenvalue weighted by atomic mass is 35.5. The predicted octanol–water partition coefficient (Wildman–Crippen LogP) is 8.51. The molecule has 36 heavy (non-hydrogen) atoms. The normalized spacial score (nSPS) is 15.7. The fraction of sp³-hybridized carbons (Fsp3) is 0.154. The maximum atomic E-state index is 13.0. The van der Waals surface area contributed by atoms with Crippen molar-refractivity contribution >= 4 is 81.0 Å². The molecule has 0 spiro atoms. The van der Waals surface area contributed by atoms with Crippen molar-refractivity contribution in [2.45, 2.75) is 13.5 Å². The van der Waals surface area contributed by atoms with Crippen LogP contribution in [0.4, 0.5) is 5.69 Å². The number of benzene rings is 3. The van der Waals surface area contributed by atoms with E-state index in [2.05, 4.69) is 4.99 Å². The van der Waals surface area contributed by atoms with Crippen molar-refractivity contribution in [3.05, 3.63) is 90.7 Å². The fourth-order valence-electron chi connectivity index (χ4n) is 3.37. The van der Waals surface area contributed by atoms with Gasteiger partial charge in [-0.2, -0.15) is 0 Å². The van der Waals surface area contributed by atoms with Crippen molar-refractivity contribution in [1.82, 2.24) is 4.90 Å². The number of halogens is 4. The van der Waals surface area contributed by atoms with E-state index in [9.17, 15) is 4.79 Å². The molecule has 0 bridgehead atoms. The van der Waals surface area contributed by atoms with E-state index < -0.39 is 0 Å². The molecule has 3 aromatic carbocycles. The highest BCUT2D eigenvalue weighted by Gasteiger charge is 2.32. The number of ether oxygens (including phenoxy) is 2. The van der Waals surface area contributed by atoms with E-state index in [0.717, 1.165) is 17.0 Å². The van der Waals surface area contributed by atoms with Crippen LogP contribution in [0.25, 0.3) is 6.08 Å². The van der Waals surface area contributed by atoms with Crippen LogP contribution in [0, 0.1) is 0 Å². The third-order valence-corrected chi connectivity index (χ3v) is 7.49. The second-order valence-corrected chi connectivity index (χ2v) is 10.2. The Hall–Kier alpha value is -2.35. The largest absolute Gasteiger partial charge is 0.497 e. The molecule has 1 aliphatic rings. The Balaban J connectivity index is 1.54. The molecular formula is C26H20Cl4N2O3S. The number of hydrogen-bond donors (Lipinski definition) is 0.